The first-order valence-electron chi connectivity index (χ1n) is 8.57. The highest BCUT2D eigenvalue weighted by Crippen LogP contribution is 2.13. The van der Waals surface area contributed by atoms with E-state index in [9.17, 15) is 9.59 Å². The normalized spacial score (nSPS) is 12.1. The molecular formula is C21H25NO4. The highest BCUT2D eigenvalue weighted by Gasteiger charge is 2.20. The van der Waals surface area contributed by atoms with Crippen molar-refractivity contribution in [2.75, 3.05) is 6.61 Å². The Morgan fingerprint density at radius 1 is 1.08 bits per heavy atom. The molecule has 138 valence electrons. The summed E-state index contributed by atoms with van der Waals surface area (Å²) in [5.41, 5.74) is 1.12. The van der Waals surface area contributed by atoms with E-state index in [1.807, 2.05) is 51.1 Å². The second kappa shape index (κ2) is 9.04. The van der Waals surface area contributed by atoms with Gasteiger partial charge in [0.25, 0.3) is 0 Å². The van der Waals surface area contributed by atoms with Gasteiger partial charge in [-0.15, -0.1) is 0 Å². The molecule has 0 aliphatic heterocycles. The molecule has 0 aliphatic carbocycles. The number of aldehydes is 1. The van der Waals surface area contributed by atoms with Crippen molar-refractivity contribution in [2.24, 2.45) is 0 Å². The number of carbonyl (C=O) groups is 2. The van der Waals surface area contributed by atoms with Gasteiger partial charge >= 0.3 is 6.09 Å². The molecule has 1 amide bonds. The lowest BCUT2D eigenvalue weighted by Gasteiger charge is -2.24. The summed E-state index contributed by atoms with van der Waals surface area (Å²) in [5.74, 6) is 0.639. The number of hydrogen-bond donors (Lipinski definition) is 1. The maximum atomic E-state index is 12.1. The minimum Gasteiger partial charge on any atom is -0.491 e. The van der Waals surface area contributed by atoms with Gasteiger partial charge in [0.1, 0.15) is 24.2 Å². The summed E-state index contributed by atoms with van der Waals surface area (Å²) in [7, 11) is 0. The average Bonchev–Trinajstić information content (AvgIpc) is 2.59. The molecule has 0 bridgehead atoms. The van der Waals surface area contributed by atoms with Gasteiger partial charge < -0.3 is 14.8 Å². The molecule has 0 saturated carbocycles. The van der Waals surface area contributed by atoms with Gasteiger partial charge in [-0.25, -0.2) is 4.79 Å². The van der Waals surface area contributed by atoms with E-state index in [1.165, 1.54) is 0 Å². The van der Waals surface area contributed by atoms with Gasteiger partial charge in [0, 0.05) is 5.56 Å². The standard InChI is InChI=1S/C21H25NO4/c1-21(2,3)26-20(24)22-18(13-16-7-5-4-6-8-16)15-25-19-11-9-17(14-23)10-12-19/h4-12,14,18H,13,15H2,1-3H3,(H,22,24)/t18-/m0/s1. The molecule has 5 nitrogen and oxygen atoms in total. The van der Waals surface area contributed by atoms with E-state index in [-0.39, 0.29) is 12.6 Å². The summed E-state index contributed by atoms with van der Waals surface area (Å²) in [6.45, 7) is 5.76. The van der Waals surface area contributed by atoms with E-state index >= 15 is 0 Å². The Labute approximate surface area is 154 Å². The molecule has 0 spiro atoms. The zero-order valence-electron chi connectivity index (χ0n) is 15.4. The van der Waals surface area contributed by atoms with E-state index in [0.29, 0.717) is 17.7 Å². The third kappa shape index (κ3) is 6.97. The predicted octanol–water partition coefficient (Wildman–Crippen LogP) is 4.01. The van der Waals surface area contributed by atoms with Crippen molar-refractivity contribution in [1.29, 1.82) is 0 Å². The highest BCUT2D eigenvalue weighted by atomic mass is 16.6. The first-order valence-corrected chi connectivity index (χ1v) is 8.57. The van der Waals surface area contributed by atoms with Crippen LogP contribution in [0.4, 0.5) is 4.79 Å². The molecule has 0 heterocycles. The van der Waals surface area contributed by atoms with Crippen LogP contribution in [0.1, 0.15) is 36.7 Å². The Kier molecular flexibility index (Phi) is 6.78. The third-order valence-corrected chi connectivity index (χ3v) is 3.51. The molecule has 2 aromatic rings. The first kappa shape index (κ1) is 19.5. The largest absolute Gasteiger partial charge is 0.491 e. The fourth-order valence-electron chi connectivity index (χ4n) is 2.36. The van der Waals surface area contributed by atoms with Crippen LogP contribution in [0.3, 0.4) is 0 Å². The van der Waals surface area contributed by atoms with E-state index in [4.69, 9.17) is 9.47 Å². The Bertz CT molecular complexity index is 705. The first-order chi connectivity index (χ1) is 12.4. The second-order valence-corrected chi connectivity index (χ2v) is 7.03. The average molecular weight is 355 g/mol. The van der Waals surface area contributed by atoms with Crippen LogP contribution in [0.25, 0.3) is 0 Å². The Morgan fingerprint density at radius 3 is 2.31 bits per heavy atom. The van der Waals surface area contributed by atoms with Crippen molar-refractivity contribution in [3.63, 3.8) is 0 Å². The lowest BCUT2D eigenvalue weighted by atomic mass is 10.1. The molecule has 0 fully saturated rings. The van der Waals surface area contributed by atoms with Crippen LogP contribution < -0.4 is 10.1 Å². The quantitative estimate of drug-likeness (QED) is 0.762. The number of carbonyl (C=O) groups excluding carboxylic acids is 2. The summed E-state index contributed by atoms with van der Waals surface area (Å²) in [6.07, 6.45) is 0.928. The molecule has 0 unspecified atom stereocenters. The zero-order chi connectivity index (χ0) is 19.0. The van der Waals surface area contributed by atoms with E-state index < -0.39 is 11.7 Å². The van der Waals surface area contributed by atoms with Crippen LogP contribution in [0.2, 0.25) is 0 Å². The van der Waals surface area contributed by atoms with Crippen molar-refractivity contribution in [2.45, 2.75) is 38.8 Å². The van der Waals surface area contributed by atoms with Crippen molar-refractivity contribution < 1.29 is 19.1 Å². The number of hydrogen-bond acceptors (Lipinski definition) is 4. The Balaban J connectivity index is 2.01. The molecule has 26 heavy (non-hydrogen) atoms. The van der Waals surface area contributed by atoms with Crippen LogP contribution in [0.15, 0.2) is 54.6 Å². The molecule has 0 saturated heterocycles. The van der Waals surface area contributed by atoms with Gasteiger partial charge in [0.05, 0.1) is 6.04 Å². The fraction of sp³-hybridized carbons (Fsp3) is 0.333. The van der Waals surface area contributed by atoms with E-state index in [2.05, 4.69) is 5.32 Å². The smallest absolute Gasteiger partial charge is 0.408 e. The Hall–Kier alpha value is -2.82. The van der Waals surface area contributed by atoms with Crippen molar-refractivity contribution in [1.82, 2.24) is 5.32 Å². The predicted molar refractivity (Wildman–Crippen MR) is 101 cm³/mol. The Morgan fingerprint density at radius 2 is 1.73 bits per heavy atom. The number of nitrogens with one attached hydrogen (secondary N) is 1. The van der Waals surface area contributed by atoms with Crippen molar-refractivity contribution in [3.05, 3.63) is 65.7 Å². The van der Waals surface area contributed by atoms with Crippen LogP contribution >= 0.6 is 0 Å². The monoisotopic (exact) mass is 355 g/mol. The minimum absolute atomic E-state index is 0.252. The minimum atomic E-state index is -0.563. The summed E-state index contributed by atoms with van der Waals surface area (Å²) < 4.78 is 11.1. The van der Waals surface area contributed by atoms with Crippen LogP contribution in [-0.4, -0.2) is 30.6 Å². The SMILES string of the molecule is CC(C)(C)OC(=O)N[C@H](COc1ccc(C=O)cc1)Cc1ccccc1. The van der Waals surface area contributed by atoms with Gasteiger partial charge in [-0.1, -0.05) is 30.3 Å². The number of ether oxygens (including phenoxy) is 2. The molecule has 2 rings (SSSR count). The molecular weight excluding hydrogens is 330 g/mol. The molecule has 0 aromatic heterocycles. The van der Waals surface area contributed by atoms with Gasteiger partial charge in [-0.3, -0.25) is 4.79 Å². The molecule has 1 atom stereocenters. The molecule has 5 heteroatoms. The van der Waals surface area contributed by atoms with Crippen LogP contribution in [0.5, 0.6) is 5.75 Å². The second-order valence-electron chi connectivity index (χ2n) is 7.03. The maximum Gasteiger partial charge on any atom is 0.408 e. The number of amides is 1. The lowest BCUT2D eigenvalue weighted by molar-refractivity contribution is 0.0487. The lowest BCUT2D eigenvalue weighted by Crippen LogP contribution is -2.43. The third-order valence-electron chi connectivity index (χ3n) is 3.51. The number of alkyl carbamates (subject to hydrolysis) is 1. The zero-order valence-corrected chi connectivity index (χ0v) is 15.4. The molecule has 2 aromatic carbocycles. The molecule has 1 N–H and O–H groups in total. The number of benzene rings is 2. The van der Waals surface area contributed by atoms with E-state index in [0.717, 1.165) is 11.8 Å². The van der Waals surface area contributed by atoms with E-state index in [1.54, 1.807) is 24.3 Å². The fourth-order valence-corrected chi connectivity index (χ4v) is 2.36. The van der Waals surface area contributed by atoms with Crippen molar-refractivity contribution >= 4 is 12.4 Å². The van der Waals surface area contributed by atoms with Crippen LogP contribution in [-0.2, 0) is 11.2 Å². The van der Waals surface area contributed by atoms with Gasteiger partial charge in [0.15, 0.2) is 0 Å². The summed E-state index contributed by atoms with van der Waals surface area (Å²) in [4.78, 5) is 22.8. The van der Waals surface area contributed by atoms with Gasteiger partial charge in [-0.2, -0.15) is 0 Å². The van der Waals surface area contributed by atoms with Gasteiger partial charge in [-0.05, 0) is 57.0 Å². The van der Waals surface area contributed by atoms with Crippen molar-refractivity contribution in [3.8, 4) is 5.75 Å². The summed E-state index contributed by atoms with van der Waals surface area (Å²) >= 11 is 0. The molecule has 0 radical (unpaired) electrons. The maximum absolute atomic E-state index is 12.1. The van der Waals surface area contributed by atoms with Crippen LogP contribution in [0, 0.1) is 0 Å². The summed E-state index contributed by atoms with van der Waals surface area (Å²) in [6, 6.07) is 16.5. The summed E-state index contributed by atoms with van der Waals surface area (Å²) in [5, 5.41) is 2.87. The number of rotatable bonds is 7. The van der Waals surface area contributed by atoms with Gasteiger partial charge in [0.2, 0.25) is 0 Å². The highest BCUT2D eigenvalue weighted by molar-refractivity contribution is 5.74. The topological polar surface area (TPSA) is 64.6 Å². The molecule has 0 aliphatic rings.